The molecule has 5 aromatic rings. The summed E-state index contributed by atoms with van der Waals surface area (Å²) in [6.45, 7) is 8.56. The van der Waals surface area contributed by atoms with Gasteiger partial charge >= 0.3 is 0 Å². The molecule has 0 bridgehead atoms. The zero-order valence-corrected chi connectivity index (χ0v) is 21.6. The normalized spacial score (nSPS) is 10.8. The van der Waals surface area contributed by atoms with Crippen LogP contribution in [0.25, 0.3) is 33.5 Å². The molecule has 0 unspecified atom stereocenters. The monoisotopic (exact) mass is 611 g/mol. The predicted molar refractivity (Wildman–Crippen MR) is 130 cm³/mol. The smallest absolute Gasteiger partial charge is 0.128 e. The molecule has 0 saturated heterocycles. The second-order valence-electron chi connectivity index (χ2n) is 8.66. The van der Waals surface area contributed by atoms with Crippen molar-refractivity contribution in [2.45, 2.75) is 33.1 Å². The summed E-state index contributed by atoms with van der Waals surface area (Å²) in [6.07, 6.45) is 3.57. The number of aryl methyl sites for hydroxylation is 1. The van der Waals surface area contributed by atoms with Crippen LogP contribution in [0.2, 0.25) is 0 Å². The van der Waals surface area contributed by atoms with Crippen LogP contribution in [0.1, 0.15) is 32.1 Å². The Bertz CT molecular complexity index is 1250. The van der Waals surface area contributed by atoms with Gasteiger partial charge in [0.25, 0.3) is 0 Å². The number of aromatic nitrogens is 2. The molecule has 0 aliphatic rings. The third-order valence-electron chi connectivity index (χ3n) is 5.15. The summed E-state index contributed by atoms with van der Waals surface area (Å²) in [5, 5.41) is 1.05. The van der Waals surface area contributed by atoms with Crippen LogP contribution >= 0.6 is 0 Å². The second kappa shape index (κ2) is 10.7. The predicted octanol–water partition coefficient (Wildman–Crippen LogP) is 7.45. The van der Waals surface area contributed by atoms with Crippen molar-refractivity contribution in [3.05, 3.63) is 109 Å². The Balaban J connectivity index is 0.000000202. The summed E-state index contributed by atoms with van der Waals surface area (Å²) in [7, 11) is 0. The Morgan fingerprint density at radius 1 is 0.818 bits per heavy atom. The van der Waals surface area contributed by atoms with Gasteiger partial charge in [-0.15, -0.1) is 71.3 Å². The van der Waals surface area contributed by atoms with Gasteiger partial charge in [-0.1, -0.05) is 32.9 Å². The van der Waals surface area contributed by atoms with E-state index in [0.29, 0.717) is 0 Å². The van der Waals surface area contributed by atoms with E-state index in [9.17, 15) is 0 Å². The van der Waals surface area contributed by atoms with Gasteiger partial charge in [0.1, 0.15) is 11.3 Å². The molecule has 0 saturated carbocycles. The average Bonchev–Trinajstić information content (AvgIpc) is 3.20. The minimum atomic E-state index is 0. The molecule has 3 heterocycles. The topological polar surface area (TPSA) is 38.9 Å². The van der Waals surface area contributed by atoms with Crippen LogP contribution in [0.5, 0.6) is 0 Å². The van der Waals surface area contributed by atoms with Crippen molar-refractivity contribution in [2.24, 2.45) is 0 Å². The van der Waals surface area contributed by atoms with Crippen molar-refractivity contribution >= 4 is 11.0 Å². The van der Waals surface area contributed by atoms with Crippen molar-refractivity contribution in [1.29, 1.82) is 0 Å². The van der Waals surface area contributed by atoms with Crippen molar-refractivity contribution in [2.75, 3.05) is 0 Å². The second-order valence-corrected chi connectivity index (χ2v) is 8.66. The van der Waals surface area contributed by atoms with Crippen LogP contribution in [-0.4, -0.2) is 9.97 Å². The molecule has 0 aliphatic carbocycles. The van der Waals surface area contributed by atoms with Crippen molar-refractivity contribution in [3.63, 3.8) is 0 Å². The number of nitrogens with zero attached hydrogens (tertiary/aromatic N) is 2. The number of furan rings is 1. The van der Waals surface area contributed by atoms with Crippen LogP contribution in [0.15, 0.2) is 89.6 Å². The summed E-state index contributed by atoms with van der Waals surface area (Å²) < 4.78 is 5.65. The van der Waals surface area contributed by atoms with Crippen LogP contribution < -0.4 is 0 Å². The van der Waals surface area contributed by atoms with E-state index in [4.69, 9.17) is 4.42 Å². The van der Waals surface area contributed by atoms with E-state index in [1.165, 1.54) is 5.56 Å². The number of hydrogen-bond donors (Lipinski definition) is 0. The number of rotatable bonds is 2. The molecule has 0 fully saturated rings. The van der Waals surface area contributed by atoms with Crippen molar-refractivity contribution in [1.82, 2.24) is 9.97 Å². The first kappa shape index (κ1) is 24.6. The van der Waals surface area contributed by atoms with E-state index in [2.05, 4.69) is 61.1 Å². The van der Waals surface area contributed by atoms with E-state index >= 15 is 0 Å². The molecule has 4 heteroatoms. The van der Waals surface area contributed by atoms with Gasteiger partial charge in [0.2, 0.25) is 0 Å². The van der Waals surface area contributed by atoms with Crippen LogP contribution in [0.4, 0.5) is 0 Å². The molecule has 0 N–H and O–H groups in total. The third-order valence-corrected chi connectivity index (χ3v) is 5.15. The standard InChI is InChI=1S/C18H18NO.C11H8N.Ir/c1-12-11-15-16(20-12)9-10-19-17(15)13-5-7-14(8-6-13)18(2,3)4;1-2-6-10(7-3-1)11-8-4-5-9-12-11;/h5,7-11H,1-4H3;1-6,8-9H;/q2*-1;. The Kier molecular flexibility index (Phi) is 7.96. The maximum atomic E-state index is 5.65. The van der Waals surface area contributed by atoms with E-state index in [-0.39, 0.29) is 25.5 Å². The number of fused-ring (bicyclic) bond motifs is 1. The number of pyridine rings is 2. The third kappa shape index (κ3) is 6.04. The summed E-state index contributed by atoms with van der Waals surface area (Å²) in [5.41, 5.74) is 6.23. The molecular formula is C29H26IrN2O-2. The Labute approximate surface area is 209 Å². The zero-order chi connectivity index (χ0) is 22.6. The molecular weight excluding hydrogens is 585 g/mol. The molecule has 3 nitrogen and oxygen atoms in total. The van der Waals surface area contributed by atoms with Crippen molar-refractivity contribution < 1.29 is 24.5 Å². The van der Waals surface area contributed by atoms with Gasteiger partial charge in [0.15, 0.2) is 0 Å². The maximum absolute atomic E-state index is 5.65. The largest absolute Gasteiger partial charge is 0.462 e. The van der Waals surface area contributed by atoms with Gasteiger partial charge < -0.3 is 14.4 Å². The fourth-order valence-electron chi connectivity index (χ4n) is 3.42. The summed E-state index contributed by atoms with van der Waals surface area (Å²) >= 11 is 0. The Morgan fingerprint density at radius 2 is 1.64 bits per heavy atom. The molecule has 169 valence electrons. The molecule has 5 rings (SSSR count). The number of hydrogen-bond acceptors (Lipinski definition) is 3. The molecule has 3 aromatic heterocycles. The first-order valence-electron chi connectivity index (χ1n) is 10.7. The minimum Gasteiger partial charge on any atom is -0.462 e. The van der Waals surface area contributed by atoms with E-state index in [1.54, 1.807) is 12.4 Å². The summed E-state index contributed by atoms with van der Waals surface area (Å²) in [4.78, 5) is 8.71. The van der Waals surface area contributed by atoms with Crippen LogP contribution in [-0.2, 0) is 25.5 Å². The molecule has 33 heavy (non-hydrogen) atoms. The fourth-order valence-corrected chi connectivity index (χ4v) is 3.42. The van der Waals surface area contributed by atoms with Gasteiger partial charge in [-0.3, -0.25) is 0 Å². The van der Waals surface area contributed by atoms with E-state index in [0.717, 1.165) is 39.2 Å². The first-order valence-corrected chi connectivity index (χ1v) is 10.7. The zero-order valence-electron chi connectivity index (χ0n) is 19.2. The molecule has 0 atom stereocenters. The van der Waals surface area contributed by atoms with Crippen molar-refractivity contribution in [3.8, 4) is 22.5 Å². The van der Waals surface area contributed by atoms with E-state index < -0.39 is 0 Å². The summed E-state index contributed by atoms with van der Waals surface area (Å²) in [5.74, 6) is 0.903. The van der Waals surface area contributed by atoms with E-state index in [1.807, 2.05) is 61.5 Å². The molecule has 0 aliphatic heterocycles. The fraction of sp³-hybridized carbons (Fsp3) is 0.172. The van der Waals surface area contributed by atoms with Gasteiger partial charge in [0, 0.05) is 37.9 Å². The molecule has 2 aromatic carbocycles. The SMILES string of the molecule is Cc1cc2c(-c3[c-]cc(C(C)(C)C)cc3)nccc2o1.[Ir].[c-]1ccccc1-c1ccccn1. The van der Waals surface area contributed by atoms with Gasteiger partial charge in [-0.25, -0.2) is 0 Å². The van der Waals surface area contributed by atoms with Crippen LogP contribution in [0.3, 0.4) is 0 Å². The number of benzene rings is 2. The average molecular weight is 611 g/mol. The maximum Gasteiger partial charge on any atom is 0.128 e. The van der Waals surface area contributed by atoms with Gasteiger partial charge in [-0.05, 0) is 41.9 Å². The minimum absolute atomic E-state index is 0. The first-order chi connectivity index (χ1) is 15.4. The Morgan fingerprint density at radius 3 is 2.27 bits per heavy atom. The molecule has 0 spiro atoms. The quantitative estimate of drug-likeness (QED) is 0.195. The van der Waals surface area contributed by atoms with Crippen LogP contribution in [0, 0.1) is 19.1 Å². The van der Waals surface area contributed by atoms with Gasteiger partial charge in [0.05, 0.1) is 0 Å². The Hall–Kier alpha value is -3.07. The summed E-state index contributed by atoms with van der Waals surface area (Å²) in [6, 6.07) is 30.4. The molecule has 0 amide bonds. The molecule has 1 radical (unpaired) electrons. The van der Waals surface area contributed by atoms with Gasteiger partial charge in [-0.2, -0.15) is 0 Å².